The number of halogens is 2. The maximum absolute atomic E-state index is 6.17. The van der Waals surface area contributed by atoms with Gasteiger partial charge in [-0.25, -0.2) is 9.97 Å². The molecular formula is C12H18BrClN4O. The van der Waals surface area contributed by atoms with Crippen LogP contribution in [0, 0.1) is 0 Å². The number of piperazine rings is 1. The Balaban J connectivity index is 2.33. The predicted octanol–water partition coefficient (Wildman–Crippen LogP) is 1.96. The second kappa shape index (κ2) is 6.45. The molecular weight excluding hydrogens is 332 g/mol. The Labute approximate surface area is 127 Å². The maximum atomic E-state index is 6.17. The summed E-state index contributed by atoms with van der Waals surface area (Å²) in [4.78, 5) is 13.5. The second-order valence-electron chi connectivity index (χ2n) is 4.82. The first-order valence-electron chi connectivity index (χ1n) is 6.12. The Bertz CT molecular complexity index is 460. The third-order valence-corrected chi connectivity index (χ3v) is 4.66. The van der Waals surface area contributed by atoms with Gasteiger partial charge in [-0.15, -0.1) is 0 Å². The van der Waals surface area contributed by atoms with Crippen LogP contribution in [0.25, 0.3) is 0 Å². The minimum Gasteiger partial charge on any atom is -0.378 e. The van der Waals surface area contributed by atoms with Gasteiger partial charge < -0.3 is 9.64 Å². The smallest absolute Gasteiger partial charge is 0.148 e. The fraction of sp³-hybridized carbons (Fsp3) is 0.667. The molecule has 5 nitrogen and oxygen atoms in total. The van der Waals surface area contributed by atoms with Gasteiger partial charge in [-0.1, -0.05) is 11.6 Å². The summed E-state index contributed by atoms with van der Waals surface area (Å²) >= 11 is 9.58. The Hall–Kier alpha value is -0.270. The van der Waals surface area contributed by atoms with Crippen LogP contribution < -0.4 is 0 Å². The second-order valence-corrected chi connectivity index (χ2v) is 5.98. The van der Waals surface area contributed by atoms with Crippen molar-refractivity contribution in [2.75, 3.05) is 40.8 Å². The van der Waals surface area contributed by atoms with Crippen molar-refractivity contribution >= 4 is 27.5 Å². The molecule has 19 heavy (non-hydrogen) atoms. The molecule has 2 heterocycles. The van der Waals surface area contributed by atoms with Gasteiger partial charge in [0.25, 0.3) is 0 Å². The summed E-state index contributed by atoms with van der Waals surface area (Å²) in [6.07, 6.45) is 0. The number of aromatic nitrogens is 2. The highest BCUT2D eigenvalue weighted by Gasteiger charge is 2.27. The highest BCUT2D eigenvalue weighted by Crippen LogP contribution is 2.28. The van der Waals surface area contributed by atoms with E-state index in [1.807, 2.05) is 0 Å². The molecule has 0 aliphatic carbocycles. The van der Waals surface area contributed by atoms with Crippen LogP contribution in [0.1, 0.15) is 17.6 Å². The van der Waals surface area contributed by atoms with Crippen LogP contribution in [-0.2, 0) is 11.3 Å². The summed E-state index contributed by atoms with van der Waals surface area (Å²) in [5, 5.41) is 0.443. The maximum Gasteiger partial charge on any atom is 0.148 e. The number of methoxy groups -OCH3 is 1. The fourth-order valence-electron chi connectivity index (χ4n) is 2.15. The van der Waals surface area contributed by atoms with Gasteiger partial charge in [-0.05, 0) is 30.0 Å². The number of ether oxygens (including phenoxy) is 1. The molecule has 1 atom stereocenters. The first-order chi connectivity index (χ1) is 9.02. The van der Waals surface area contributed by atoms with Gasteiger partial charge in [0, 0.05) is 26.7 Å². The molecule has 7 heteroatoms. The summed E-state index contributed by atoms with van der Waals surface area (Å²) in [6, 6.07) is 0.167. The standard InChI is InChI=1S/C12H18BrClN4O/c1-17-4-5-18(2)9(6-17)12-15-8(7-19-3)10(13)11(14)16-12/h9H,4-7H2,1-3H3. The van der Waals surface area contributed by atoms with Gasteiger partial charge in [0.05, 0.1) is 22.8 Å². The average Bonchev–Trinajstić information content (AvgIpc) is 2.38. The SMILES string of the molecule is COCc1nc(C2CN(C)CCN2C)nc(Cl)c1Br. The number of hydrogen-bond acceptors (Lipinski definition) is 5. The average molecular weight is 350 g/mol. The first kappa shape index (κ1) is 15.1. The van der Waals surface area contributed by atoms with Crippen LogP contribution in [-0.4, -0.2) is 60.6 Å². The van der Waals surface area contributed by atoms with Crippen LogP contribution in [0.3, 0.4) is 0 Å². The van der Waals surface area contributed by atoms with Crippen molar-refractivity contribution in [1.29, 1.82) is 0 Å². The van der Waals surface area contributed by atoms with E-state index in [-0.39, 0.29) is 6.04 Å². The zero-order valence-electron chi connectivity index (χ0n) is 11.4. The fourth-order valence-corrected chi connectivity index (χ4v) is 2.64. The van der Waals surface area contributed by atoms with Crippen molar-refractivity contribution in [3.63, 3.8) is 0 Å². The quantitative estimate of drug-likeness (QED) is 0.780. The molecule has 1 unspecified atom stereocenters. The van der Waals surface area contributed by atoms with Crippen molar-refractivity contribution in [3.8, 4) is 0 Å². The van der Waals surface area contributed by atoms with E-state index in [0.29, 0.717) is 16.2 Å². The zero-order valence-corrected chi connectivity index (χ0v) is 13.7. The number of likely N-dealkylation sites (N-methyl/N-ethyl adjacent to an activating group) is 2. The Morgan fingerprint density at radius 3 is 2.79 bits per heavy atom. The Morgan fingerprint density at radius 1 is 1.37 bits per heavy atom. The highest BCUT2D eigenvalue weighted by molar-refractivity contribution is 9.10. The third-order valence-electron chi connectivity index (χ3n) is 3.33. The summed E-state index contributed by atoms with van der Waals surface area (Å²) in [5.41, 5.74) is 0.791. The summed E-state index contributed by atoms with van der Waals surface area (Å²) in [7, 11) is 5.84. The monoisotopic (exact) mass is 348 g/mol. The van der Waals surface area contributed by atoms with Crippen molar-refractivity contribution in [2.45, 2.75) is 12.6 Å². The lowest BCUT2D eigenvalue weighted by atomic mass is 10.1. The number of nitrogens with zero attached hydrogens (tertiary/aromatic N) is 4. The van der Waals surface area contributed by atoms with E-state index in [2.05, 4.69) is 49.8 Å². The summed E-state index contributed by atoms with van der Waals surface area (Å²) in [5.74, 6) is 0.759. The molecule has 106 valence electrons. The molecule has 0 N–H and O–H groups in total. The molecule has 1 aromatic heterocycles. The van der Waals surface area contributed by atoms with Crippen molar-refractivity contribution < 1.29 is 4.74 Å². The summed E-state index contributed by atoms with van der Waals surface area (Å²) in [6.45, 7) is 3.38. The van der Waals surface area contributed by atoms with Crippen LogP contribution in [0.2, 0.25) is 5.15 Å². The van der Waals surface area contributed by atoms with Crippen LogP contribution in [0.15, 0.2) is 4.47 Å². The lowest BCUT2D eigenvalue weighted by molar-refractivity contribution is 0.109. The van der Waals surface area contributed by atoms with Gasteiger partial charge >= 0.3 is 0 Å². The lowest BCUT2D eigenvalue weighted by Crippen LogP contribution is -2.45. The molecule has 0 spiro atoms. The van der Waals surface area contributed by atoms with E-state index >= 15 is 0 Å². The van der Waals surface area contributed by atoms with Crippen molar-refractivity contribution in [3.05, 3.63) is 21.1 Å². The van der Waals surface area contributed by atoms with E-state index < -0.39 is 0 Å². The van der Waals surface area contributed by atoms with E-state index in [9.17, 15) is 0 Å². The Kier molecular flexibility index (Phi) is 5.14. The van der Waals surface area contributed by atoms with E-state index in [4.69, 9.17) is 16.3 Å². The lowest BCUT2D eigenvalue weighted by Gasteiger charge is -2.36. The normalized spacial score (nSPS) is 21.8. The minimum absolute atomic E-state index is 0.167. The molecule has 1 aliphatic heterocycles. The van der Waals surface area contributed by atoms with Gasteiger partial charge in [-0.2, -0.15) is 0 Å². The molecule has 2 rings (SSSR count). The van der Waals surface area contributed by atoms with Crippen molar-refractivity contribution in [1.82, 2.24) is 19.8 Å². The van der Waals surface area contributed by atoms with Gasteiger partial charge in [0.15, 0.2) is 0 Å². The van der Waals surface area contributed by atoms with Gasteiger partial charge in [0.1, 0.15) is 11.0 Å². The topological polar surface area (TPSA) is 41.5 Å². The van der Waals surface area contributed by atoms with E-state index in [0.717, 1.165) is 31.2 Å². The number of rotatable bonds is 3. The molecule has 1 aliphatic rings. The van der Waals surface area contributed by atoms with E-state index in [1.54, 1.807) is 7.11 Å². The van der Waals surface area contributed by atoms with Gasteiger partial charge in [-0.3, -0.25) is 4.90 Å². The van der Waals surface area contributed by atoms with Crippen LogP contribution >= 0.6 is 27.5 Å². The number of hydrogen-bond donors (Lipinski definition) is 0. The molecule has 0 radical (unpaired) electrons. The van der Waals surface area contributed by atoms with Crippen molar-refractivity contribution in [2.24, 2.45) is 0 Å². The highest BCUT2D eigenvalue weighted by atomic mass is 79.9. The third kappa shape index (κ3) is 3.44. The predicted molar refractivity (Wildman–Crippen MR) is 78.3 cm³/mol. The largest absolute Gasteiger partial charge is 0.378 e. The van der Waals surface area contributed by atoms with E-state index in [1.165, 1.54) is 0 Å². The molecule has 0 saturated carbocycles. The molecule has 1 saturated heterocycles. The van der Waals surface area contributed by atoms with Crippen LogP contribution in [0.4, 0.5) is 0 Å². The molecule has 1 fully saturated rings. The minimum atomic E-state index is 0.167. The molecule has 0 amide bonds. The van der Waals surface area contributed by atoms with Gasteiger partial charge in [0.2, 0.25) is 0 Å². The summed E-state index contributed by atoms with van der Waals surface area (Å²) < 4.78 is 5.87. The molecule has 0 bridgehead atoms. The van der Waals surface area contributed by atoms with Crippen LogP contribution in [0.5, 0.6) is 0 Å². The Morgan fingerprint density at radius 2 is 2.11 bits per heavy atom. The zero-order chi connectivity index (χ0) is 14.0. The first-order valence-corrected chi connectivity index (χ1v) is 7.29. The molecule has 0 aromatic carbocycles. The molecule has 1 aromatic rings.